The highest BCUT2D eigenvalue weighted by Gasteiger charge is 1.96. The van der Waals surface area contributed by atoms with Crippen molar-refractivity contribution in [2.24, 2.45) is 0 Å². The first-order valence-electron chi connectivity index (χ1n) is 3.18. The molecule has 0 aliphatic rings. The SMILES string of the molecule is O=CC#Cc1cc(Cl)ccc1O. The molecule has 60 valence electrons. The minimum Gasteiger partial charge on any atom is -0.507 e. The molecule has 0 saturated carbocycles. The van der Waals surface area contributed by atoms with E-state index < -0.39 is 0 Å². The summed E-state index contributed by atoms with van der Waals surface area (Å²) in [6.07, 6.45) is 0.459. The van der Waals surface area contributed by atoms with Gasteiger partial charge in [-0.15, -0.1) is 0 Å². The number of carbonyl (C=O) groups excluding carboxylic acids is 1. The number of carbonyl (C=O) groups is 1. The van der Waals surface area contributed by atoms with Crippen LogP contribution in [0.15, 0.2) is 18.2 Å². The highest BCUT2D eigenvalue weighted by molar-refractivity contribution is 6.30. The molecule has 0 fully saturated rings. The number of hydrogen-bond acceptors (Lipinski definition) is 2. The van der Waals surface area contributed by atoms with Crippen molar-refractivity contribution in [2.45, 2.75) is 0 Å². The number of rotatable bonds is 0. The molecule has 0 aliphatic heterocycles. The van der Waals surface area contributed by atoms with Crippen LogP contribution in [0.1, 0.15) is 5.56 Å². The Morgan fingerprint density at radius 1 is 1.50 bits per heavy atom. The van der Waals surface area contributed by atoms with Gasteiger partial charge in [-0.25, -0.2) is 0 Å². The quantitative estimate of drug-likeness (QED) is 0.486. The van der Waals surface area contributed by atoms with E-state index >= 15 is 0 Å². The fraction of sp³-hybridized carbons (Fsp3) is 0. The largest absolute Gasteiger partial charge is 0.507 e. The Labute approximate surface area is 74.8 Å². The molecule has 1 N–H and O–H groups in total. The van der Waals surface area contributed by atoms with Crippen LogP contribution in [0.5, 0.6) is 5.75 Å². The van der Waals surface area contributed by atoms with Crippen molar-refractivity contribution < 1.29 is 9.90 Å². The third kappa shape index (κ3) is 2.01. The van der Waals surface area contributed by atoms with Crippen molar-refractivity contribution in [3.05, 3.63) is 28.8 Å². The van der Waals surface area contributed by atoms with Gasteiger partial charge in [0.2, 0.25) is 0 Å². The molecular formula is C9H5ClO2. The Bertz CT molecular complexity index is 361. The second-order valence-corrected chi connectivity index (χ2v) is 2.49. The van der Waals surface area contributed by atoms with E-state index in [4.69, 9.17) is 11.6 Å². The summed E-state index contributed by atoms with van der Waals surface area (Å²) in [4.78, 5) is 9.89. The van der Waals surface area contributed by atoms with Crippen LogP contribution in [0, 0.1) is 11.8 Å². The molecule has 0 heterocycles. The molecule has 3 heteroatoms. The molecule has 1 aromatic rings. The number of benzene rings is 1. The van der Waals surface area contributed by atoms with Crippen molar-refractivity contribution in [1.29, 1.82) is 0 Å². The first kappa shape index (κ1) is 8.63. The van der Waals surface area contributed by atoms with E-state index in [2.05, 4.69) is 11.8 Å². The minimum atomic E-state index is 0.0220. The highest BCUT2D eigenvalue weighted by Crippen LogP contribution is 2.19. The topological polar surface area (TPSA) is 37.3 Å². The predicted octanol–water partition coefficient (Wildman–Crippen LogP) is 1.60. The van der Waals surface area contributed by atoms with Gasteiger partial charge in [0.15, 0.2) is 6.29 Å². The molecule has 0 atom stereocenters. The third-order valence-corrected chi connectivity index (χ3v) is 1.46. The Kier molecular flexibility index (Phi) is 2.73. The fourth-order valence-corrected chi connectivity index (χ4v) is 0.888. The smallest absolute Gasteiger partial charge is 0.193 e. The van der Waals surface area contributed by atoms with Crippen molar-refractivity contribution in [2.75, 3.05) is 0 Å². The van der Waals surface area contributed by atoms with E-state index in [1.54, 1.807) is 6.07 Å². The minimum absolute atomic E-state index is 0.0220. The summed E-state index contributed by atoms with van der Waals surface area (Å²) in [7, 11) is 0. The Morgan fingerprint density at radius 2 is 2.25 bits per heavy atom. The summed E-state index contributed by atoms with van der Waals surface area (Å²) < 4.78 is 0. The van der Waals surface area contributed by atoms with Crippen molar-refractivity contribution >= 4 is 17.9 Å². The van der Waals surface area contributed by atoms with Crippen LogP contribution in [-0.4, -0.2) is 11.4 Å². The molecule has 0 spiro atoms. The lowest BCUT2D eigenvalue weighted by atomic mass is 10.2. The van der Waals surface area contributed by atoms with Gasteiger partial charge in [-0.1, -0.05) is 17.5 Å². The second-order valence-electron chi connectivity index (χ2n) is 2.05. The van der Waals surface area contributed by atoms with Gasteiger partial charge in [-0.3, -0.25) is 4.79 Å². The van der Waals surface area contributed by atoms with Crippen LogP contribution in [0.4, 0.5) is 0 Å². The molecule has 0 aliphatic carbocycles. The van der Waals surface area contributed by atoms with Crippen LogP contribution in [-0.2, 0) is 4.79 Å². The lowest BCUT2D eigenvalue weighted by molar-refractivity contribution is -0.103. The maximum atomic E-state index is 9.89. The van der Waals surface area contributed by atoms with Crippen LogP contribution in [0.2, 0.25) is 5.02 Å². The molecule has 0 unspecified atom stereocenters. The molecule has 1 aromatic carbocycles. The predicted molar refractivity (Wildman–Crippen MR) is 46.1 cm³/mol. The number of aromatic hydroxyl groups is 1. The number of phenolic OH excluding ortho intramolecular Hbond substituents is 1. The van der Waals surface area contributed by atoms with E-state index in [9.17, 15) is 9.90 Å². The molecule has 0 amide bonds. The van der Waals surface area contributed by atoms with Crippen molar-refractivity contribution in [3.63, 3.8) is 0 Å². The average molecular weight is 181 g/mol. The van der Waals surface area contributed by atoms with Crippen LogP contribution in [0.25, 0.3) is 0 Å². The molecule has 1 rings (SSSR count). The number of hydrogen-bond donors (Lipinski definition) is 1. The summed E-state index contributed by atoms with van der Waals surface area (Å²) in [5, 5.41) is 9.66. The van der Waals surface area contributed by atoms with Crippen molar-refractivity contribution in [3.8, 4) is 17.6 Å². The van der Waals surface area contributed by atoms with E-state index in [1.165, 1.54) is 12.1 Å². The zero-order valence-corrected chi connectivity index (χ0v) is 6.80. The Hall–Kier alpha value is -1.46. The first-order valence-corrected chi connectivity index (χ1v) is 3.55. The van der Waals surface area contributed by atoms with E-state index in [0.29, 0.717) is 16.9 Å². The van der Waals surface area contributed by atoms with Gasteiger partial charge in [0.05, 0.1) is 5.56 Å². The molecule has 12 heavy (non-hydrogen) atoms. The highest BCUT2D eigenvalue weighted by atomic mass is 35.5. The molecular weight excluding hydrogens is 176 g/mol. The Morgan fingerprint density at radius 3 is 2.92 bits per heavy atom. The monoisotopic (exact) mass is 180 g/mol. The van der Waals surface area contributed by atoms with Gasteiger partial charge >= 0.3 is 0 Å². The van der Waals surface area contributed by atoms with Crippen LogP contribution < -0.4 is 0 Å². The molecule has 0 aromatic heterocycles. The number of halogens is 1. The van der Waals surface area contributed by atoms with Gasteiger partial charge in [0, 0.05) is 5.02 Å². The molecule has 2 nitrogen and oxygen atoms in total. The first-order chi connectivity index (χ1) is 5.74. The fourth-order valence-electron chi connectivity index (χ4n) is 0.716. The summed E-state index contributed by atoms with van der Waals surface area (Å²) >= 11 is 5.63. The Balaban J connectivity index is 3.13. The van der Waals surface area contributed by atoms with Gasteiger partial charge in [0.25, 0.3) is 0 Å². The summed E-state index contributed by atoms with van der Waals surface area (Å²) in [6, 6.07) is 4.47. The van der Waals surface area contributed by atoms with Gasteiger partial charge in [-0.2, -0.15) is 0 Å². The second kappa shape index (κ2) is 3.80. The summed E-state index contributed by atoms with van der Waals surface area (Å²) in [6.45, 7) is 0. The van der Waals surface area contributed by atoms with Crippen LogP contribution >= 0.6 is 11.6 Å². The zero-order valence-electron chi connectivity index (χ0n) is 6.04. The van der Waals surface area contributed by atoms with Gasteiger partial charge in [0.1, 0.15) is 5.75 Å². The maximum Gasteiger partial charge on any atom is 0.193 e. The van der Waals surface area contributed by atoms with E-state index in [1.807, 2.05) is 0 Å². The lowest BCUT2D eigenvalue weighted by Crippen LogP contribution is -1.76. The van der Waals surface area contributed by atoms with E-state index in [-0.39, 0.29) is 5.75 Å². The number of aldehydes is 1. The maximum absolute atomic E-state index is 9.89. The normalized spacial score (nSPS) is 8.42. The van der Waals surface area contributed by atoms with E-state index in [0.717, 1.165) is 0 Å². The molecule has 0 saturated heterocycles. The van der Waals surface area contributed by atoms with Gasteiger partial charge in [-0.05, 0) is 24.1 Å². The standard InChI is InChI=1S/C9H5ClO2/c10-8-3-4-9(12)7(6-8)2-1-5-11/h3-6,12H. The third-order valence-electron chi connectivity index (χ3n) is 1.22. The van der Waals surface area contributed by atoms with Crippen molar-refractivity contribution in [1.82, 2.24) is 0 Å². The lowest BCUT2D eigenvalue weighted by Gasteiger charge is -1.95. The number of phenols is 1. The van der Waals surface area contributed by atoms with Crippen LogP contribution in [0.3, 0.4) is 0 Å². The summed E-state index contributed by atoms with van der Waals surface area (Å²) in [5.41, 5.74) is 0.356. The average Bonchev–Trinajstić information content (AvgIpc) is 2.07. The molecule has 0 radical (unpaired) electrons. The zero-order chi connectivity index (χ0) is 8.97. The molecule has 0 bridgehead atoms. The summed E-state index contributed by atoms with van der Waals surface area (Å²) in [5.74, 6) is 4.66. The van der Waals surface area contributed by atoms with Gasteiger partial charge < -0.3 is 5.11 Å².